The van der Waals surface area contributed by atoms with Gasteiger partial charge in [-0.25, -0.2) is 0 Å². The van der Waals surface area contributed by atoms with Crippen LogP contribution in [0.3, 0.4) is 0 Å². The second-order valence-electron chi connectivity index (χ2n) is 2.44. The molecular formula is C6H7NO2. The van der Waals surface area contributed by atoms with E-state index in [1.165, 1.54) is 0 Å². The van der Waals surface area contributed by atoms with Gasteiger partial charge >= 0.3 is 0 Å². The van der Waals surface area contributed by atoms with E-state index in [-0.39, 0.29) is 17.7 Å². The Morgan fingerprint density at radius 3 is 2.56 bits per heavy atom. The lowest BCUT2D eigenvalue weighted by Crippen LogP contribution is -2.27. The summed E-state index contributed by atoms with van der Waals surface area (Å²) in [7, 11) is 0. The van der Waals surface area contributed by atoms with Crippen molar-refractivity contribution in [3.8, 4) is 0 Å². The van der Waals surface area contributed by atoms with Crippen molar-refractivity contribution in [1.82, 2.24) is 5.32 Å². The third-order valence-electron chi connectivity index (χ3n) is 1.91. The zero-order chi connectivity index (χ0) is 6.43. The maximum absolute atomic E-state index is 10.7. The van der Waals surface area contributed by atoms with Crippen LogP contribution in [0.15, 0.2) is 12.2 Å². The van der Waals surface area contributed by atoms with Crippen LogP contribution in [0.4, 0.5) is 0 Å². The van der Waals surface area contributed by atoms with E-state index in [0.717, 1.165) is 0 Å². The zero-order valence-electron chi connectivity index (χ0n) is 4.74. The summed E-state index contributed by atoms with van der Waals surface area (Å²) in [5.74, 6) is -0.0347. The summed E-state index contributed by atoms with van der Waals surface area (Å²) in [5.41, 5.74) is 0. The summed E-state index contributed by atoms with van der Waals surface area (Å²) in [6.07, 6.45) is 3.04. The maximum atomic E-state index is 10.7. The summed E-state index contributed by atoms with van der Waals surface area (Å²) < 4.78 is 0. The van der Waals surface area contributed by atoms with E-state index >= 15 is 0 Å². The molecule has 1 aliphatic heterocycles. The molecule has 2 aliphatic rings. The van der Waals surface area contributed by atoms with Crippen molar-refractivity contribution >= 4 is 5.91 Å². The molecule has 1 amide bonds. The van der Waals surface area contributed by atoms with Gasteiger partial charge in [-0.2, -0.15) is 0 Å². The lowest BCUT2D eigenvalue weighted by Gasteiger charge is -2.19. The molecule has 3 heteroatoms. The van der Waals surface area contributed by atoms with E-state index in [2.05, 4.69) is 5.32 Å². The molecule has 48 valence electrons. The molecular weight excluding hydrogens is 118 g/mol. The molecule has 3 unspecified atom stereocenters. The van der Waals surface area contributed by atoms with Gasteiger partial charge in [0, 0.05) is 5.92 Å². The fraction of sp³-hybridized carbons (Fsp3) is 0.500. The number of fused-ring (bicyclic) bond motifs is 1. The molecule has 0 spiro atoms. The smallest absolute Gasteiger partial charge is 0.229 e. The molecule has 1 heterocycles. The molecule has 0 bridgehead atoms. The van der Waals surface area contributed by atoms with Crippen LogP contribution in [0.2, 0.25) is 0 Å². The second kappa shape index (κ2) is 1.36. The Hall–Kier alpha value is -0.830. The summed E-state index contributed by atoms with van der Waals surface area (Å²) >= 11 is 0. The lowest BCUT2D eigenvalue weighted by atomic mass is 9.84. The van der Waals surface area contributed by atoms with Crippen molar-refractivity contribution in [3.63, 3.8) is 0 Å². The quantitative estimate of drug-likeness (QED) is 0.418. The Morgan fingerprint density at radius 2 is 2.33 bits per heavy atom. The van der Waals surface area contributed by atoms with Crippen LogP contribution in [-0.2, 0) is 4.79 Å². The van der Waals surface area contributed by atoms with Crippen LogP contribution < -0.4 is 5.32 Å². The molecule has 1 aliphatic carbocycles. The third-order valence-corrected chi connectivity index (χ3v) is 1.91. The number of amides is 1. The Kier molecular flexibility index (Phi) is 0.754. The van der Waals surface area contributed by atoms with Crippen LogP contribution in [-0.4, -0.2) is 17.2 Å². The van der Waals surface area contributed by atoms with Gasteiger partial charge in [0.2, 0.25) is 5.91 Å². The first-order valence-electron chi connectivity index (χ1n) is 2.96. The van der Waals surface area contributed by atoms with Crippen LogP contribution in [0.5, 0.6) is 0 Å². The first kappa shape index (κ1) is 4.99. The number of hydrogen-bond acceptors (Lipinski definition) is 2. The van der Waals surface area contributed by atoms with Crippen molar-refractivity contribution in [3.05, 3.63) is 12.2 Å². The highest BCUT2D eigenvalue weighted by Crippen LogP contribution is 2.32. The monoisotopic (exact) mass is 125 g/mol. The van der Waals surface area contributed by atoms with Gasteiger partial charge in [-0.05, 0) is 0 Å². The minimum atomic E-state index is -0.632. The Labute approximate surface area is 52.4 Å². The van der Waals surface area contributed by atoms with Crippen LogP contribution >= 0.6 is 0 Å². The summed E-state index contributed by atoms with van der Waals surface area (Å²) in [5, 5.41) is 11.4. The average molecular weight is 125 g/mol. The topological polar surface area (TPSA) is 49.3 Å². The van der Waals surface area contributed by atoms with Crippen LogP contribution in [0, 0.1) is 11.8 Å². The highest BCUT2D eigenvalue weighted by atomic mass is 16.3. The fourth-order valence-corrected chi connectivity index (χ4v) is 1.25. The van der Waals surface area contributed by atoms with Gasteiger partial charge in [-0.15, -0.1) is 0 Å². The van der Waals surface area contributed by atoms with E-state index in [4.69, 9.17) is 5.11 Å². The van der Waals surface area contributed by atoms with E-state index in [9.17, 15) is 4.79 Å². The van der Waals surface area contributed by atoms with Crippen molar-refractivity contribution in [2.24, 2.45) is 11.8 Å². The molecule has 3 atom stereocenters. The number of aliphatic hydroxyl groups excluding tert-OH is 1. The molecule has 0 aromatic heterocycles. The van der Waals surface area contributed by atoms with E-state index in [1.807, 2.05) is 12.2 Å². The molecule has 2 rings (SSSR count). The molecule has 0 aromatic rings. The molecule has 0 aromatic carbocycles. The maximum Gasteiger partial charge on any atom is 0.229 e. The lowest BCUT2D eigenvalue weighted by molar-refractivity contribution is -0.122. The number of rotatable bonds is 0. The molecule has 2 N–H and O–H groups in total. The van der Waals surface area contributed by atoms with Crippen molar-refractivity contribution in [1.29, 1.82) is 0 Å². The number of carbonyl (C=O) groups is 1. The van der Waals surface area contributed by atoms with Gasteiger partial charge in [0.15, 0.2) is 0 Å². The predicted octanol–water partition coefficient (Wildman–Crippen LogP) is -0.763. The standard InChI is InChI=1S/C6H7NO2/c8-5-3-1-2-4(3)6(9)7-5/h1-5,8H,(H,7,9). The second-order valence-corrected chi connectivity index (χ2v) is 2.44. The van der Waals surface area contributed by atoms with E-state index < -0.39 is 6.23 Å². The van der Waals surface area contributed by atoms with Gasteiger partial charge in [-0.1, -0.05) is 12.2 Å². The molecule has 0 saturated carbocycles. The number of aliphatic hydroxyl groups is 1. The highest BCUT2D eigenvalue weighted by molar-refractivity contribution is 5.85. The van der Waals surface area contributed by atoms with E-state index in [0.29, 0.717) is 0 Å². The number of nitrogens with one attached hydrogen (secondary N) is 1. The molecule has 0 radical (unpaired) electrons. The van der Waals surface area contributed by atoms with Crippen LogP contribution in [0.1, 0.15) is 0 Å². The summed E-state index contributed by atoms with van der Waals surface area (Å²) in [6, 6.07) is 0. The molecule has 3 nitrogen and oxygen atoms in total. The van der Waals surface area contributed by atoms with Crippen molar-refractivity contribution in [2.45, 2.75) is 6.23 Å². The fourth-order valence-electron chi connectivity index (χ4n) is 1.25. The first-order chi connectivity index (χ1) is 4.29. The van der Waals surface area contributed by atoms with Gasteiger partial charge in [0.05, 0.1) is 5.92 Å². The van der Waals surface area contributed by atoms with Gasteiger partial charge in [0.25, 0.3) is 0 Å². The van der Waals surface area contributed by atoms with Gasteiger partial charge in [-0.3, -0.25) is 4.79 Å². The molecule has 9 heavy (non-hydrogen) atoms. The normalized spacial score (nSPS) is 45.9. The predicted molar refractivity (Wildman–Crippen MR) is 30.3 cm³/mol. The SMILES string of the molecule is O=C1NC(O)C2C=CC12. The Balaban J connectivity index is 2.27. The number of hydrogen-bond donors (Lipinski definition) is 2. The summed E-state index contributed by atoms with van der Waals surface area (Å²) in [4.78, 5) is 10.7. The summed E-state index contributed by atoms with van der Waals surface area (Å²) in [6.45, 7) is 0. The third kappa shape index (κ3) is 0.471. The molecule has 1 saturated heterocycles. The van der Waals surface area contributed by atoms with Crippen LogP contribution in [0.25, 0.3) is 0 Å². The zero-order valence-corrected chi connectivity index (χ0v) is 4.74. The largest absolute Gasteiger partial charge is 0.373 e. The molecule has 1 fully saturated rings. The number of carbonyl (C=O) groups excluding carboxylic acids is 1. The minimum Gasteiger partial charge on any atom is -0.373 e. The van der Waals surface area contributed by atoms with Crippen molar-refractivity contribution < 1.29 is 9.90 Å². The Morgan fingerprint density at radius 1 is 1.56 bits per heavy atom. The first-order valence-corrected chi connectivity index (χ1v) is 2.96. The Bertz CT molecular complexity index is 187. The van der Waals surface area contributed by atoms with Gasteiger partial charge in [0.1, 0.15) is 6.23 Å². The van der Waals surface area contributed by atoms with Gasteiger partial charge < -0.3 is 10.4 Å². The highest BCUT2D eigenvalue weighted by Gasteiger charge is 2.42. The minimum absolute atomic E-state index is 0.0417. The average Bonchev–Trinajstić information content (AvgIpc) is 1.73. The van der Waals surface area contributed by atoms with Crippen molar-refractivity contribution in [2.75, 3.05) is 0 Å². The van der Waals surface area contributed by atoms with E-state index in [1.54, 1.807) is 0 Å².